The van der Waals surface area contributed by atoms with Gasteiger partial charge in [0, 0.05) is 53.7 Å². The smallest absolute Gasteiger partial charge is 0.0547 e. The summed E-state index contributed by atoms with van der Waals surface area (Å²) in [7, 11) is 0. The van der Waals surface area contributed by atoms with Crippen molar-refractivity contribution in [2.24, 2.45) is 0 Å². The Morgan fingerprint density at radius 1 is 0.253 bits per heavy atom. The highest BCUT2D eigenvalue weighted by Gasteiger charge is 2.21. The number of hydrogen-bond donors (Lipinski definition) is 0. The molecule has 2 heterocycles. The van der Waals surface area contributed by atoms with Crippen LogP contribution in [0.4, 0.5) is 17.1 Å². The molecular weight excluding hydrogens is 925 g/mol. The van der Waals surface area contributed by atoms with Gasteiger partial charge >= 0.3 is 0 Å². The first-order valence-corrected chi connectivity index (χ1v) is 26.5. The number of rotatable bonds is 10. The monoisotopic (exact) mass is 972 g/mol. The maximum atomic E-state index is 2.42. The normalized spacial score (nSPS) is 11.5. The van der Waals surface area contributed by atoms with Crippen molar-refractivity contribution in [1.29, 1.82) is 0 Å². The number of nitrogens with zero attached hydrogens (tertiary/aromatic N) is 2. The van der Waals surface area contributed by atoms with E-state index < -0.39 is 0 Å². The van der Waals surface area contributed by atoms with E-state index in [1.807, 2.05) is 11.3 Å². The number of aromatic nitrogens is 1. The lowest BCUT2D eigenvalue weighted by Gasteiger charge is -2.27. The Bertz CT molecular complexity index is 4310. The topological polar surface area (TPSA) is 8.17 Å². The van der Waals surface area contributed by atoms with Gasteiger partial charge in [0.2, 0.25) is 0 Å². The number of anilines is 3. The third-order valence-electron chi connectivity index (χ3n) is 14.8. The summed E-state index contributed by atoms with van der Waals surface area (Å²) in [5.74, 6) is 0. The van der Waals surface area contributed by atoms with Gasteiger partial charge < -0.3 is 9.47 Å². The summed E-state index contributed by atoms with van der Waals surface area (Å²) in [4.78, 5) is 2.41. The molecule has 0 saturated heterocycles. The molecule has 75 heavy (non-hydrogen) atoms. The predicted octanol–water partition coefficient (Wildman–Crippen LogP) is 20.6. The molecule has 0 N–H and O–H groups in total. The molecule has 0 aliphatic carbocycles. The van der Waals surface area contributed by atoms with Crippen LogP contribution < -0.4 is 4.90 Å². The van der Waals surface area contributed by atoms with Crippen LogP contribution in [0.15, 0.2) is 291 Å². The van der Waals surface area contributed by atoms with E-state index in [0.717, 1.165) is 45.0 Å². The van der Waals surface area contributed by atoms with Crippen molar-refractivity contribution < 1.29 is 0 Å². The Morgan fingerprint density at radius 3 is 1.28 bits per heavy atom. The van der Waals surface area contributed by atoms with Crippen LogP contribution >= 0.6 is 11.3 Å². The standard InChI is InChI=1S/C72H48N2S/c1-5-19-49(20-6-1)52-35-39-60(40-36-52)73(62-47-55(50-21-7-2-8-22-50)43-56(48-62)51-23-9-3-10-24-51)61-41-37-53(38-42-61)54-44-57(46-58(45-54)64-30-18-34-70-72(64)66-28-14-16-33-69(66)75-70)63-29-17-32-68-71(63)65-27-13-15-31-67(65)74(68)59-25-11-4-12-26-59/h1-48H. The summed E-state index contributed by atoms with van der Waals surface area (Å²) in [6, 6.07) is 107. The summed E-state index contributed by atoms with van der Waals surface area (Å²) in [5, 5.41) is 5.08. The average molecular weight is 973 g/mol. The molecule has 352 valence electrons. The number of benzene rings is 12. The first-order chi connectivity index (χ1) is 37.2. The zero-order valence-electron chi connectivity index (χ0n) is 41.0. The van der Waals surface area contributed by atoms with Crippen molar-refractivity contribution in [3.05, 3.63) is 291 Å². The molecule has 12 aromatic carbocycles. The second-order valence-corrected chi connectivity index (χ2v) is 20.3. The molecule has 0 atom stereocenters. The summed E-state index contributed by atoms with van der Waals surface area (Å²) < 4.78 is 5.01. The van der Waals surface area contributed by atoms with E-state index in [1.165, 1.54) is 86.5 Å². The maximum Gasteiger partial charge on any atom is 0.0547 e. The van der Waals surface area contributed by atoms with Crippen LogP contribution in [0.25, 0.3) is 114 Å². The lowest BCUT2D eigenvalue weighted by atomic mass is 9.90. The van der Waals surface area contributed by atoms with Gasteiger partial charge in [0.15, 0.2) is 0 Å². The SMILES string of the molecule is c1ccc(-c2ccc(N(c3ccc(-c4cc(-c5cccc6sc7ccccc7c56)cc(-c5cccc6c5c5ccccc5n6-c5ccccc5)c4)cc3)c3cc(-c4ccccc4)cc(-c4ccccc4)c3)cc2)cc1. The maximum absolute atomic E-state index is 2.42. The van der Waals surface area contributed by atoms with E-state index in [0.29, 0.717) is 0 Å². The highest BCUT2D eigenvalue weighted by molar-refractivity contribution is 7.25. The molecule has 0 amide bonds. The van der Waals surface area contributed by atoms with E-state index in [2.05, 4.69) is 301 Å². The van der Waals surface area contributed by atoms with Gasteiger partial charge in [-0.25, -0.2) is 0 Å². The van der Waals surface area contributed by atoms with Gasteiger partial charge in [0.1, 0.15) is 0 Å². The zero-order valence-corrected chi connectivity index (χ0v) is 41.8. The zero-order chi connectivity index (χ0) is 49.7. The first kappa shape index (κ1) is 44.2. The van der Waals surface area contributed by atoms with Crippen LogP contribution in [0.1, 0.15) is 0 Å². The molecule has 2 nitrogen and oxygen atoms in total. The molecule has 14 aromatic rings. The van der Waals surface area contributed by atoms with Crippen LogP contribution in [0, 0.1) is 0 Å². The van der Waals surface area contributed by atoms with E-state index in [4.69, 9.17) is 0 Å². The van der Waals surface area contributed by atoms with E-state index in [1.54, 1.807) is 0 Å². The average Bonchev–Trinajstić information content (AvgIpc) is 4.06. The fraction of sp³-hybridized carbons (Fsp3) is 0. The lowest BCUT2D eigenvalue weighted by Crippen LogP contribution is -2.10. The molecule has 0 aliphatic rings. The molecule has 14 rings (SSSR count). The summed E-state index contributed by atoms with van der Waals surface area (Å²) in [6.07, 6.45) is 0. The summed E-state index contributed by atoms with van der Waals surface area (Å²) >= 11 is 1.87. The third-order valence-corrected chi connectivity index (χ3v) is 15.9. The second-order valence-electron chi connectivity index (χ2n) is 19.3. The molecule has 0 bridgehead atoms. The van der Waals surface area contributed by atoms with Crippen molar-refractivity contribution in [3.8, 4) is 72.4 Å². The predicted molar refractivity (Wildman–Crippen MR) is 321 cm³/mol. The minimum absolute atomic E-state index is 1.07. The van der Waals surface area contributed by atoms with Gasteiger partial charge in [0.05, 0.1) is 11.0 Å². The molecule has 0 unspecified atom stereocenters. The Hall–Kier alpha value is -9.54. The Kier molecular flexibility index (Phi) is 11.1. The fourth-order valence-electron chi connectivity index (χ4n) is 11.3. The highest BCUT2D eigenvalue weighted by atomic mass is 32.1. The van der Waals surface area contributed by atoms with Gasteiger partial charge in [-0.05, 0) is 164 Å². The van der Waals surface area contributed by atoms with E-state index in [-0.39, 0.29) is 0 Å². The Balaban J connectivity index is 0.960. The highest BCUT2D eigenvalue weighted by Crippen LogP contribution is 2.46. The minimum atomic E-state index is 1.07. The van der Waals surface area contributed by atoms with Crippen LogP contribution in [-0.2, 0) is 0 Å². The van der Waals surface area contributed by atoms with Gasteiger partial charge in [-0.3, -0.25) is 0 Å². The molecule has 0 saturated carbocycles. The van der Waals surface area contributed by atoms with Crippen molar-refractivity contribution in [1.82, 2.24) is 4.57 Å². The van der Waals surface area contributed by atoms with Crippen LogP contribution in [0.2, 0.25) is 0 Å². The Morgan fingerprint density at radius 2 is 0.667 bits per heavy atom. The first-order valence-electron chi connectivity index (χ1n) is 25.6. The molecule has 0 fully saturated rings. The van der Waals surface area contributed by atoms with Crippen LogP contribution in [0.5, 0.6) is 0 Å². The second kappa shape index (κ2) is 18.8. The summed E-state index contributed by atoms with van der Waals surface area (Å²) in [5.41, 5.74) is 20.9. The number of para-hydroxylation sites is 2. The van der Waals surface area contributed by atoms with Crippen LogP contribution in [-0.4, -0.2) is 4.57 Å². The number of fused-ring (bicyclic) bond motifs is 6. The lowest BCUT2D eigenvalue weighted by molar-refractivity contribution is 1.18. The van der Waals surface area contributed by atoms with Crippen molar-refractivity contribution in [2.45, 2.75) is 0 Å². The summed E-state index contributed by atoms with van der Waals surface area (Å²) in [6.45, 7) is 0. The molecule has 0 aliphatic heterocycles. The van der Waals surface area contributed by atoms with Gasteiger partial charge in [-0.15, -0.1) is 11.3 Å². The van der Waals surface area contributed by atoms with Crippen LogP contribution in [0.3, 0.4) is 0 Å². The van der Waals surface area contributed by atoms with Gasteiger partial charge in [-0.1, -0.05) is 194 Å². The molecule has 0 spiro atoms. The Labute approximate surface area is 440 Å². The third kappa shape index (κ3) is 8.08. The fourth-order valence-corrected chi connectivity index (χ4v) is 12.4. The number of thiophene rings is 1. The van der Waals surface area contributed by atoms with E-state index >= 15 is 0 Å². The van der Waals surface area contributed by atoms with Crippen molar-refractivity contribution in [2.75, 3.05) is 4.90 Å². The minimum Gasteiger partial charge on any atom is -0.310 e. The van der Waals surface area contributed by atoms with Gasteiger partial charge in [0.25, 0.3) is 0 Å². The van der Waals surface area contributed by atoms with Crippen molar-refractivity contribution >= 4 is 70.4 Å². The van der Waals surface area contributed by atoms with Gasteiger partial charge in [-0.2, -0.15) is 0 Å². The molecule has 0 radical (unpaired) electrons. The molecule has 3 heteroatoms. The largest absolute Gasteiger partial charge is 0.310 e. The molecule has 2 aromatic heterocycles. The van der Waals surface area contributed by atoms with Crippen molar-refractivity contribution in [3.63, 3.8) is 0 Å². The number of hydrogen-bond acceptors (Lipinski definition) is 2. The molecular formula is C72H48N2S. The quantitative estimate of drug-likeness (QED) is 0.133. The van der Waals surface area contributed by atoms with E-state index in [9.17, 15) is 0 Å².